The van der Waals surface area contributed by atoms with E-state index in [2.05, 4.69) is 9.80 Å². The Kier molecular flexibility index (Phi) is 4.79. The van der Waals surface area contributed by atoms with Crippen molar-refractivity contribution in [2.75, 3.05) is 26.2 Å². The number of hydrogen-bond donors (Lipinski definition) is 1. The van der Waals surface area contributed by atoms with E-state index in [1.165, 1.54) is 12.5 Å². The zero-order valence-electron chi connectivity index (χ0n) is 12.3. The number of piperidine rings is 1. The molecule has 0 amide bonds. The van der Waals surface area contributed by atoms with Crippen LogP contribution in [0.1, 0.15) is 24.8 Å². The number of halogens is 2. The zero-order chi connectivity index (χ0) is 14.8. The van der Waals surface area contributed by atoms with Gasteiger partial charge in [-0.05, 0) is 44.5 Å². The van der Waals surface area contributed by atoms with Gasteiger partial charge in [0.2, 0.25) is 0 Å². The average Bonchev–Trinajstić information content (AvgIpc) is 2.91. The van der Waals surface area contributed by atoms with Gasteiger partial charge in [0.25, 0.3) is 0 Å². The monoisotopic (exact) mass is 311 g/mol. The third-order valence-electron chi connectivity index (χ3n) is 4.75. The molecule has 2 aliphatic heterocycles. The van der Waals surface area contributed by atoms with Gasteiger partial charge >= 0.3 is 0 Å². The van der Waals surface area contributed by atoms with Crippen LogP contribution in [0.2, 0.25) is 5.02 Å². The van der Waals surface area contributed by atoms with E-state index in [0.29, 0.717) is 23.7 Å². The Morgan fingerprint density at radius 1 is 1.19 bits per heavy atom. The van der Waals surface area contributed by atoms with Crippen LogP contribution >= 0.6 is 11.6 Å². The van der Waals surface area contributed by atoms with Gasteiger partial charge < -0.3 is 5.73 Å². The lowest BCUT2D eigenvalue weighted by atomic mass is 10.0. The van der Waals surface area contributed by atoms with Gasteiger partial charge in [0.1, 0.15) is 5.82 Å². The highest BCUT2D eigenvalue weighted by molar-refractivity contribution is 6.30. The van der Waals surface area contributed by atoms with Crippen molar-refractivity contribution >= 4 is 11.6 Å². The second-order valence-corrected chi connectivity index (χ2v) is 6.72. The summed E-state index contributed by atoms with van der Waals surface area (Å²) >= 11 is 5.80. The van der Waals surface area contributed by atoms with Crippen LogP contribution < -0.4 is 5.73 Å². The summed E-state index contributed by atoms with van der Waals surface area (Å²) in [5.74, 6) is -0.199. The first kappa shape index (κ1) is 15.2. The van der Waals surface area contributed by atoms with Crippen LogP contribution in [0.3, 0.4) is 0 Å². The number of nitrogens with zero attached hydrogens (tertiary/aromatic N) is 2. The predicted octanol–water partition coefficient (Wildman–Crippen LogP) is 2.48. The average molecular weight is 312 g/mol. The highest BCUT2D eigenvalue weighted by Gasteiger charge is 2.29. The van der Waals surface area contributed by atoms with Crippen LogP contribution in [0.4, 0.5) is 4.39 Å². The summed E-state index contributed by atoms with van der Waals surface area (Å²) in [6, 6.07) is 5.94. The quantitative estimate of drug-likeness (QED) is 0.931. The second-order valence-electron chi connectivity index (χ2n) is 6.29. The molecule has 2 N–H and O–H groups in total. The van der Waals surface area contributed by atoms with E-state index < -0.39 is 0 Å². The first-order valence-corrected chi connectivity index (χ1v) is 8.15. The highest BCUT2D eigenvalue weighted by Crippen LogP contribution is 2.23. The Balaban J connectivity index is 1.55. The van der Waals surface area contributed by atoms with Gasteiger partial charge in [0.15, 0.2) is 0 Å². The molecular formula is C16H23ClFN3. The SMILES string of the molecule is NC1CCN(C2CCN(Cc3ccc(Cl)cc3F)C2)CC1. The molecule has 0 radical (unpaired) electrons. The van der Waals surface area contributed by atoms with Gasteiger partial charge in [0, 0.05) is 42.3 Å². The first-order chi connectivity index (χ1) is 10.1. The van der Waals surface area contributed by atoms with Crippen molar-refractivity contribution in [1.29, 1.82) is 0 Å². The van der Waals surface area contributed by atoms with Crippen LogP contribution in [-0.4, -0.2) is 48.1 Å². The standard InChI is InChI=1S/C16H23ClFN3/c17-13-2-1-12(16(18)9-13)10-20-6-5-15(11-20)21-7-3-14(19)4-8-21/h1-2,9,14-15H,3-8,10-11,19H2. The lowest BCUT2D eigenvalue weighted by molar-refractivity contribution is 0.151. The summed E-state index contributed by atoms with van der Waals surface area (Å²) < 4.78 is 13.9. The number of likely N-dealkylation sites (tertiary alicyclic amines) is 2. The molecule has 5 heteroatoms. The summed E-state index contributed by atoms with van der Waals surface area (Å²) in [5, 5.41) is 0.459. The maximum Gasteiger partial charge on any atom is 0.129 e. The molecule has 1 aromatic rings. The molecule has 2 fully saturated rings. The molecule has 0 bridgehead atoms. The van der Waals surface area contributed by atoms with Crippen molar-refractivity contribution in [3.05, 3.63) is 34.6 Å². The van der Waals surface area contributed by atoms with E-state index in [0.717, 1.165) is 44.6 Å². The molecule has 0 aromatic heterocycles. The second kappa shape index (κ2) is 6.61. The fourth-order valence-corrected chi connectivity index (χ4v) is 3.59. The fraction of sp³-hybridized carbons (Fsp3) is 0.625. The summed E-state index contributed by atoms with van der Waals surface area (Å²) in [6.07, 6.45) is 3.37. The third-order valence-corrected chi connectivity index (χ3v) is 4.98. The van der Waals surface area contributed by atoms with Crippen molar-refractivity contribution in [3.8, 4) is 0 Å². The van der Waals surface area contributed by atoms with Crippen molar-refractivity contribution in [2.24, 2.45) is 5.73 Å². The van der Waals surface area contributed by atoms with E-state index in [9.17, 15) is 4.39 Å². The molecule has 2 aliphatic rings. The van der Waals surface area contributed by atoms with Crippen LogP contribution in [-0.2, 0) is 6.54 Å². The molecule has 2 heterocycles. The Bertz CT molecular complexity index is 488. The molecule has 3 rings (SSSR count). The number of benzene rings is 1. The van der Waals surface area contributed by atoms with Gasteiger partial charge in [0.05, 0.1) is 0 Å². The Labute approximate surface area is 130 Å². The van der Waals surface area contributed by atoms with Gasteiger partial charge in [-0.25, -0.2) is 4.39 Å². The van der Waals surface area contributed by atoms with Crippen LogP contribution in [0, 0.1) is 5.82 Å². The minimum absolute atomic E-state index is 0.199. The number of rotatable bonds is 3. The molecule has 21 heavy (non-hydrogen) atoms. The molecule has 116 valence electrons. The normalized spacial score (nSPS) is 25.6. The summed E-state index contributed by atoms with van der Waals surface area (Å²) in [6.45, 7) is 4.95. The molecule has 1 atom stereocenters. The van der Waals surface area contributed by atoms with E-state index >= 15 is 0 Å². The fourth-order valence-electron chi connectivity index (χ4n) is 3.43. The van der Waals surface area contributed by atoms with E-state index in [-0.39, 0.29) is 5.82 Å². The molecular weight excluding hydrogens is 289 g/mol. The number of nitrogens with two attached hydrogens (primary N) is 1. The topological polar surface area (TPSA) is 32.5 Å². The Hall–Kier alpha value is -0.680. The Morgan fingerprint density at radius 3 is 2.67 bits per heavy atom. The maximum atomic E-state index is 13.9. The van der Waals surface area contributed by atoms with Crippen LogP contribution in [0.15, 0.2) is 18.2 Å². The van der Waals surface area contributed by atoms with E-state index in [1.54, 1.807) is 12.1 Å². The van der Waals surface area contributed by atoms with Crippen molar-refractivity contribution < 1.29 is 4.39 Å². The lowest BCUT2D eigenvalue weighted by Crippen LogP contribution is -2.46. The predicted molar refractivity (Wildman–Crippen MR) is 83.9 cm³/mol. The summed E-state index contributed by atoms with van der Waals surface area (Å²) in [4.78, 5) is 4.90. The lowest BCUT2D eigenvalue weighted by Gasteiger charge is -2.34. The zero-order valence-corrected chi connectivity index (χ0v) is 13.0. The third kappa shape index (κ3) is 3.75. The molecule has 1 unspecified atom stereocenters. The minimum atomic E-state index is -0.199. The van der Waals surface area contributed by atoms with Crippen molar-refractivity contribution in [1.82, 2.24) is 9.80 Å². The van der Waals surface area contributed by atoms with Gasteiger partial charge in [-0.15, -0.1) is 0 Å². The molecule has 0 aliphatic carbocycles. The van der Waals surface area contributed by atoms with Gasteiger partial charge in [-0.1, -0.05) is 17.7 Å². The van der Waals surface area contributed by atoms with Crippen molar-refractivity contribution in [2.45, 2.75) is 37.9 Å². The van der Waals surface area contributed by atoms with E-state index in [1.807, 2.05) is 0 Å². The van der Waals surface area contributed by atoms with Crippen LogP contribution in [0.5, 0.6) is 0 Å². The van der Waals surface area contributed by atoms with Gasteiger partial charge in [-0.2, -0.15) is 0 Å². The van der Waals surface area contributed by atoms with E-state index in [4.69, 9.17) is 17.3 Å². The number of hydrogen-bond acceptors (Lipinski definition) is 3. The molecule has 2 saturated heterocycles. The first-order valence-electron chi connectivity index (χ1n) is 7.78. The molecule has 0 saturated carbocycles. The summed E-state index contributed by atoms with van der Waals surface area (Å²) in [7, 11) is 0. The minimum Gasteiger partial charge on any atom is -0.328 e. The maximum absolute atomic E-state index is 13.9. The van der Waals surface area contributed by atoms with Crippen LogP contribution in [0.25, 0.3) is 0 Å². The summed E-state index contributed by atoms with van der Waals surface area (Å²) in [5.41, 5.74) is 6.70. The highest BCUT2D eigenvalue weighted by atomic mass is 35.5. The molecule has 3 nitrogen and oxygen atoms in total. The smallest absolute Gasteiger partial charge is 0.129 e. The van der Waals surface area contributed by atoms with Gasteiger partial charge in [-0.3, -0.25) is 9.80 Å². The Morgan fingerprint density at radius 2 is 1.95 bits per heavy atom. The van der Waals surface area contributed by atoms with Crippen molar-refractivity contribution in [3.63, 3.8) is 0 Å². The molecule has 0 spiro atoms. The largest absolute Gasteiger partial charge is 0.328 e. The molecule has 1 aromatic carbocycles.